The van der Waals surface area contributed by atoms with Crippen LogP contribution in [0.25, 0.3) is 0 Å². The van der Waals surface area contributed by atoms with E-state index in [9.17, 15) is 9.59 Å². The first-order valence-corrected chi connectivity index (χ1v) is 7.97. The lowest BCUT2D eigenvalue weighted by molar-refractivity contribution is -0.106. The van der Waals surface area contributed by atoms with E-state index in [1.807, 2.05) is 18.2 Å². The number of anilines is 3. The number of carbonyl (C=O) groups excluding carboxylic acids is 2. The van der Waals surface area contributed by atoms with E-state index in [4.69, 9.17) is 4.74 Å². The van der Waals surface area contributed by atoms with Gasteiger partial charge in [0.2, 0.25) is 6.41 Å². The first-order chi connectivity index (χ1) is 12.7. The smallest absolute Gasteiger partial charge is 0.255 e. The maximum atomic E-state index is 12.4. The van der Waals surface area contributed by atoms with Crippen molar-refractivity contribution in [2.75, 3.05) is 17.3 Å². The van der Waals surface area contributed by atoms with E-state index in [0.717, 1.165) is 0 Å². The van der Waals surface area contributed by atoms with Crippen LogP contribution in [0.5, 0.6) is 5.75 Å². The highest BCUT2D eigenvalue weighted by molar-refractivity contribution is 6.05. The number of amides is 2. The molecule has 5 nitrogen and oxygen atoms in total. The normalized spacial score (nSPS) is 10.0. The molecule has 1 N–H and O–H groups in total. The Morgan fingerprint density at radius 2 is 1.77 bits per heavy atom. The number of rotatable bonds is 6. The molecule has 3 aromatic rings. The average Bonchev–Trinajstić information content (AvgIpc) is 2.70. The third-order valence-corrected chi connectivity index (χ3v) is 3.80. The van der Waals surface area contributed by atoms with Crippen molar-refractivity contribution >= 4 is 29.4 Å². The zero-order chi connectivity index (χ0) is 18.4. The molecule has 0 aromatic heterocycles. The second kappa shape index (κ2) is 7.98. The van der Waals surface area contributed by atoms with Gasteiger partial charge in [-0.3, -0.25) is 14.5 Å². The first-order valence-electron chi connectivity index (χ1n) is 7.97. The highest BCUT2D eigenvalue weighted by atomic mass is 16.5. The van der Waals surface area contributed by atoms with Crippen molar-refractivity contribution < 1.29 is 14.3 Å². The van der Waals surface area contributed by atoms with E-state index in [2.05, 4.69) is 11.4 Å². The van der Waals surface area contributed by atoms with E-state index in [-0.39, 0.29) is 5.91 Å². The van der Waals surface area contributed by atoms with Gasteiger partial charge in [-0.05, 0) is 60.7 Å². The van der Waals surface area contributed by atoms with E-state index in [1.165, 1.54) is 4.90 Å². The van der Waals surface area contributed by atoms with E-state index >= 15 is 0 Å². The molecule has 0 aliphatic carbocycles. The molecule has 5 heteroatoms. The zero-order valence-corrected chi connectivity index (χ0v) is 14.2. The van der Waals surface area contributed by atoms with Crippen LogP contribution in [0.2, 0.25) is 0 Å². The molecule has 3 aromatic carbocycles. The van der Waals surface area contributed by atoms with Crippen LogP contribution in [-0.4, -0.2) is 19.4 Å². The SMILES string of the molecule is COc1ccc(N(C=O)c2c[c]cc(C(=O)Nc3ccccc3)c2)cc1. The molecule has 0 saturated carbocycles. The van der Waals surface area contributed by atoms with Crippen LogP contribution >= 0.6 is 0 Å². The molecule has 0 aliphatic heterocycles. The molecule has 0 heterocycles. The van der Waals surface area contributed by atoms with Gasteiger partial charge in [0.1, 0.15) is 5.75 Å². The minimum atomic E-state index is -0.269. The van der Waals surface area contributed by atoms with Crippen molar-refractivity contribution in [2.24, 2.45) is 0 Å². The molecule has 0 unspecified atom stereocenters. The molecule has 0 aliphatic rings. The van der Waals surface area contributed by atoms with Crippen molar-refractivity contribution in [1.29, 1.82) is 0 Å². The summed E-state index contributed by atoms with van der Waals surface area (Å²) < 4.78 is 5.13. The molecular formula is C21H17N2O3. The van der Waals surface area contributed by atoms with Gasteiger partial charge in [-0.25, -0.2) is 0 Å². The number of para-hydroxylation sites is 1. The predicted molar refractivity (Wildman–Crippen MR) is 101 cm³/mol. The summed E-state index contributed by atoms with van der Waals surface area (Å²) in [6, 6.07) is 24.0. The number of ether oxygens (including phenoxy) is 1. The van der Waals surface area contributed by atoms with E-state index < -0.39 is 0 Å². The molecule has 0 spiro atoms. The van der Waals surface area contributed by atoms with Crippen molar-refractivity contribution in [1.82, 2.24) is 0 Å². The first kappa shape index (κ1) is 17.2. The number of nitrogens with one attached hydrogen (secondary N) is 1. The van der Waals surface area contributed by atoms with Gasteiger partial charge in [0.05, 0.1) is 12.8 Å². The third kappa shape index (κ3) is 3.89. The zero-order valence-electron chi connectivity index (χ0n) is 14.2. The highest BCUT2D eigenvalue weighted by Gasteiger charge is 2.12. The lowest BCUT2D eigenvalue weighted by Crippen LogP contribution is -2.16. The van der Waals surface area contributed by atoms with Gasteiger partial charge < -0.3 is 10.1 Å². The van der Waals surface area contributed by atoms with E-state index in [1.54, 1.807) is 61.7 Å². The third-order valence-electron chi connectivity index (χ3n) is 3.80. The summed E-state index contributed by atoms with van der Waals surface area (Å²) in [5, 5.41) is 2.81. The number of methoxy groups -OCH3 is 1. The fraction of sp³-hybridized carbons (Fsp3) is 0.0476. The van der Waals surface area contributed by atoms with Gasteiger partial charge in [-0.1, -0.05) is 18.2 Å². The predicted octanol–water partition coefficient (Wildman–Crippen LogP) is 4.04. The van der Waals surface area contributed by atoms with Gasteiger partial charge in [0, 0.05) is 16.9 Å². The van der Waals surface area contributed by atoms with Crippen LogP contribution in [0.1, 0.15) is 10.4 Å². The van der Waals surface area contributed by atoms with Crippen LogP contribution in [0.15, 0.2) is 72.8 Å². The summed E-state index contributed by atoms with van der Waals surface area (Å²) in [5.74, 6) is 0.428. The fourth-order valence-electron chi connectivity index (χ4n) is 2.47. The highest BCUT2D eigenvalue weighted by Crippen LogP contribution is 2.26. The Hall–Kier alpha value is -3.60. The Bertz CT molecular complexity index is 893. The molecule has 0 bridgehead atoms. The summed E-state index contributed by atoms with van der Waals surface area (Å²) in [7, 11) is 1.58. The molecule has 2 amide bonds. The van der Waals surface area contributed by atoms with Gasteiger partial charge in [-0.2, -0.15) is 0 Å². The second-order valence-corrected chi connectivity index (χ2v) is 5.47. The standard InChI is InChI=1S/C21H17N2O3/c1-26-20-12-10-18(11-13-20)23(15-24)19-9-5-6-16(14-19)21(25)22-17-7-3-2-4-8-17/h2-4,6-15H,1H3,(H,22,25). The monoisotopic (exact) mass is 345 g/mol. The maximum absolute atomic E-state index is 12.4. The number of carbonyl (C=O) groups is 2. The molecule has 129 valence electrons. The summed E-state index contributed by atoms with van der Waals surface area (Å²) in [5.41, 5.74) is 2.32. The van der Waals surface area contributed by atoms with Crippen molar-refractivity contribution in [2.45, 2.75) is 0 Å². The summed E-state index contributed by atoms with van der Waals surface area (Å²) >= 11 is 0. The number of hydrogen-bond acceptors (Lipinski definition) is 3. The largest absolute Gasteiger partial charge is 0.497 e. The molecule has 26 heavy (non-hydrogen) atoms. The Labute approximate surface area is 151 Å². The molecule has 0 saturated heterocycles. The Morgan fingerprint density at radius 1 is 1.04 bits per heavy atom. The van der Waals surface area contributed by atoms with Crippen LogP contribution in [0.4, 0.5) is 17.1 Å². The molecule has 1 radical (unpaired) electrons. The van der Waals surface area contributed by atoms with Gasteiger partial charge in [-0.15, -0.1) is 0 Å². The van der Waals surface area contributed by atoms with Crippen LogP contribution in [-0.2, 0) is 4.79 Å². The minimum Gasteiger partial charge on any atom is -0.497 e. The van der Waals surface area contributed by atoms with Gasteiger partial charge in [0.15, 0.2) is 0 Å². The lowest BCUT2D eigenvalue weighted by Gasteiger charge is -2.18. The Balaban J connectivity index is 1.84. The minimum absolute atomic E-state index is 0.269. The van der Waals surface area contributed by atoms with Crippen molar-refractivity contribution in [3.8, 4) is 5.75 Å². The number of hydrogen-bond donors (Lipinski definition) is 1. The van der Waals surface area contributed by atoms with E-state index in [0.29, 0.717) is 34.8 Å². The van der Waals surface area contributed by atoms with Crippen molar-refractivity contribution in [3.05, 3.63) is 84.4 Å². The second-order valence-electron chi connectivity index (χ2n) is 5.47. The summed E-state index contributed by atoms with van der Waals surface area (Å²) in [6.45, 7) is 0. The Morgan fingerprint density at radius 3 is 2.42 bits per heavy atom. The molecular weight excluding hydrogens is 328 g/mol. The Kier molecular flexibility index (Phi) is 5.29. The van der Waals surface area contributed by atoms with Crippen LogP contribution < -0.4 is 15.0 Å². The topological polar surface area (TPSA) is 58.6 Å². The van der Waals surface area contributed by atoms with Crippen molar-refractivity contribution in [3.63, 3.8) is 0 Å². The van der Waals surface area contributed by atoms with Gasteiger partial charge >= 0.3 is 0 Å². The maximum Gasteiger partial charge on any atom is 0.255 e. The lowest BCUT2D eigenvalue weighted by atomic mass is 10.1. The quantitative estimate of drug-likeness (QED) is 0.686. The molecule has 3 rings (SSSR count). The van der Waals surface area contributed by atoms with Gasteiger partial charge in [0.25, 0.3) is 5.91 Å². The number of nitrogens with zero attached hydrogens (tertiary/aromatic N) is 1. The van der Waals surface area contributed by atoms with Crippen LogP contribution in [0.3, 0.4) is 0 Å². The van der Waals surface area contributed by atoms with Crippen LogP contribution in [0, 0.1) is 6.07 Å². The molecule has 0 atom stereocenters. The number of benzene rings is 3. The molecule has 0 fully saturated rings. The fourth-order valence-corrected chi connectivity index (χ4v) is 2.47. The summed E-state index contributed by atoms with van der Waals surface area (Å²) in [6.07, 6.45) is 0.698. The average molecular weight is 345 g/mol. The summed E-state index contributed by atoms with van der Waals surface area (Å²) in [4.78, 5) is 25.5.